The van der Waals surface area contributed by atoms with E-state index < -0.39 is 0 Å². The van der Waals surface area contributed by atoms with Gasteiger partial charge in [0.1, 0.15) is 18.7 Å². The van der Waals surface area contributed by atoms with Gasteiger partial charge in [-0.05, 0) is 44.4 Å². The Morgan fingerprint density at radius 2 is 1.69 bits per heavy atom. The Balaban J connectivity index is 0.00000141. The second kappa shape index (κ2) is 12.0. The summed E-state index contributed by atoms with van der Waals surface area (Å²) in [5.74, 6) is 2.01. The molecule has 2 N–H and O–H groups in total. The molecule has 9 nitrogen and oxygen atoms in total. The van der Waals surface area contributed by atoms with Crippen molar-refractivity contribution in [2.75, 3.05) is 36.5 Å². The minimum absolute atomic E-state index is 0.293. The number of nitrogens with one attached hydrogen (secondary N) is 2. The third-order valence-electron chi connectivity index (χ3n) is 5.48. The fourth-order valence-electron chi connectivity index (χ4n) is 3.81. The number of ether oxygens (including phenoxy) is 2. The first-order chi connectivity index (χ1) is 17.2. The van der Waals surface area contributed by atoms with Gasteiger partial charge >= 0.3 is 6.01 Å². The van der Waals surface area contributed by atoms with Crippen molar-refractivity contribution in [3.8, 4) is 11.9 Å². The lowest BCUT2D eigenvalue weighted by molar-refractivity contribution is 0.202. The van der Waals surface area contributed by atoms with Crippen LogP contribution in [0.25, 0.3) is 11.2 Å². The van der Waals surface area contributed by atoms with Crippen LogP contribution >= 0.6 is 0 Å². The molecule has 1 aliphatic heterocycles. The van der Waals surface area contributed by atoms with Crippen molar-refractivity contribution in [2.24, 2.45) is 0 Å². The Kier molecular flexibility index (Phi) is 8.32. The molecule has 0 unspecified atom stereocenters. The SMILES string of the molecule is CC.Cc1ccc(Nc2nc3nc(OCCOc4ccccn4)nc(N4CCCCC4)c3[nH]2)cc1. The molecule has 9 heteroatoms. The standard InChI is InChI=1S/C24H27N7O2.C2H6/c1-17-8-10-18(11-9-17)26-23-27-20-21(28-23)29-24(30-22(20)31-13-5-2-6-14-31)33-16-15-32-19-7-3-4-12-25-19;1-2/h3-4,7-12H,2,5-6,13-16H2,1H3,(H2,26,27,28,29,30);1-2H3. The molecule has 0 aliphatic carbocycles. The number of anilines is 3. The highest BCUT2D eigenvalue weighted by Gasteiger charge is 2.20. The van der Waals surface area contributed by atoms with Crippen molar-refractivity contribution >= 4 is 28.6 Å². The molecule has 1 saturated heterocycles. The van der Waals surface area contributed by atoms with E-state index in [-0.39, 0.29) is 0 Å². The van der Waals surface area contributed by atoms with Gasteiger partial charge in [0.15, 0.2) is 11.5 Å². The summed E-state index contributed by atoms with van der Waals surface area (Å²) in [6.07, 6.45) is 5.21. The summed E-state index contributed by atoms with van der Waals surface area (Å²) < 4.78 is 11.4. The molecular formula is C26H33N7O2. The van der Waals surface area contributed by atoms with Crippen molar-refractivity contribution in [3.63, 3.8) is 0 Å². The second-order valence-corrected chi connectivity index (χ2v) is 8.02. The van der Waals surface area contributed by atoms with Crippen LogP contribution in [-0.4, -0.2) is 51.2 Å². The van der Waals surface area contributed by atoms with E-state index in [1.165, 1.54) is 12.0 Å². The zero-order chi connectivity index (χ0) is 24.5. The molecule has 0 amide bonds. The van der Waals surface area contributed by atoms with Gasteiger partial charge in [0, 0.05) is 31.0 Å². The molecule has 4 heterocycles. The lowest BCUT2D eigenvalue weighted by atomic mass is 10.1. The number of benzene rings is 1. The molecule has 35 heavy (non-hydrogen) atoms. The smallest absolute Gasteiger partial charge is 0.320 e. The van der Waals surface area contributed by atoms with E-state index in [0.29, 0.717) is 36.7 Å². The summed E-state index contributed by atoms with van der Waals surface area (Å²) in [4.78, 5) is 23.7. The van der Waals surface area contributed by atoms with Gasteiger partial charge in [-0.2, -0.15) is 15.0 Å². The number of imidazole rings is 1. The van der Waals surface area contributed by atoms with E-state index in [0.717, 1.165) is 43.0 Å². The van der Waals surface area contributed by atoms with Crippen LogP contribution in [0.2, 0.25) is 0 Å². The van der Waals surface area contributed by atoms with Crippen LogP contribution in [0.4, 0.5) is 17.5 Å². The van der Waals surface area contributed by atoms with Crippen LogP contribution in [0.3, 0.4) is 0 Å². The molecule has 1 fully saturated rings. The molecule has 0 radical (unpaired) electrons. The van der Waals surface area contributed by atoms with Gasteiger partial charge in [0.2, 0.25) is 11.8 Å². The van der Waals surface area contributed by atoms with Crippen LogP contribution in [0.15, 0.2) is 48.7 Å². The second-order valence-electron chi connectivity index (χ2n) is 8.02. The predicted octanol–water partition coefficient (Wildman–Crippen LogP) is 5.27. The first-order valence-electron chi connectivity index (χ1n) is 12.3. The number of rotatable bonds is 8. The Morgan fingerprint density at radius 1 is 0.914 bits per heavy atom. The Morgan fingerprint density at radius 3 is 2.43 bits per heavy atom. The number of hydrogen-bond donors (Lipinski definition) is 2. The molecule has 1 aliphatic rings. The third kappa shape index (κ3) is 6.38. The van der Waals surface area contributed by atoms with E-state index in [2.05, 4.69) is 49.2 Å². The van der Waals surface area contributed by atoms with E-state index in [9.17, 15) is 0 Å². The van der Waals surface area contributed by atoms with Crippen LogP contribution < -0.4 is 19.7 Å². The highest BCUT2D eigenvalue weighted by Crippen LogP contribution is 2.29. The maximum absolute atomic E-state index is 5.83. The largest absolute Gasteiger partial charge is 0.474 e. The third-order valence-corrected chi connectivity index (χ3v) is 5.48. The molecule has 4 aromatic rings. The predicted molar refractivity (Wildman–Crippen MR) is 139 cm³/mol. The lowest BCUT2D eigenvalue weighted by Crippen LogP contribution is -2.30. The van der Waals surface area contributed by atoms with E-state index in [1.54, 1.807) is 6.20 Å². The summed E-state index contributed by atoms with van der Waals surface area (Å²) in [7, 11) is 0. The van der Waals surface area contributed by atoms with Crippen LogP contribution in [0.1, 0.15) is 38.7 Å². The fraction of sp³-hybridized carbons (Fsp3) is 0.385. The number of piperidine rings is 1. The highest BCUT2D eigenvalue weighted by molar-refractivity contribution is 5.86. The molecule has 5 rings (SSSR count). The summed E-state index contributed by atoms with van der Waals surface area (Å²) in [5.41, 5.74) is 3.54. The van der Waals surface area contributed by atoms with Crippen LogP contribution in [0, 0.1) is 6.92 Å². The first kappa shape index (κ1) is 24.3. The number of hydrogen-bond acceptors (Lipinski definition) is 8. The van der Waals surface area contributed by atoms with Gasteiger partial charge in [-0.15, -0.1) is 0 Å². The van der Waals surface area contributed by atoms with Gasteiger partial charge in [-0.25, -0.2) is 4.98 Å². The zero-order valence-corrected chi connectivity index (χ0v) is 20.6. The summed E-state index contributed by atoms with van der Waals surface area (Å²) in [5, 5.41) is 3.32. The number of pyridine rings is 1. The van der Waals surface area contributed by atoms with Crippen LogP contribution in [0.5, 0.6) is 11.9 Å². The minimum atomic E-state index is 0.293. The summed E-state index contributed by atoms with van der Waals surface area (Å²) in [6, 6.07) is 14.0. The van der Waals surface area contributed by atoms with Gasteiger partial charge in [-0.3, -0.25) is 0 Å². The summed E-state index contributed by atoms with van der Waals surface area (Å²) in [6.45, 7) is 8.62. The normalized spacial score (nSPS) is 13.2. The van der Waals surface area contributed by atoms with Gasteiger partial charge < -0.3 is 24.7 Å². The van der Waals surface area contributed by atoms with Crippen molar-refractivity contribution in [1.29, 1.82) is 0 Å². The maximum Gasteiger partial charge on any atom is 0.320 e. The summed E-state index contributed by atoms with van der Waals surface area (Å²) >= 11 is 0. The van der Waals surface area contributed by atoms with Crippen molar-refractivity contribution < 1.29 is 9.47 Å². The molecule has 1 aromatic carbocycles. The molecule has 0 bridgehead atoms. The molecular weight excluding hydrogens is 442 g/mol. The molecule has 0 atom stereocenters. The molecule has 0 spiro atoms. The topological polar surface area (TPSA) is 101 Å². The molecule has 0 saturated carbocycles. The number of nitrogens with zero attached hydrogens (tertiary/aromatic N) is 5. The van der Waals surface area contributed by atoms with Gasteiger partial charge in [0.25, 0.3) is 0 Å². The van der Waals surface area contributed by atoms with Crippen molar-refractivity contribution in [2.45, 2.75) is 40.0 Å². The number of aromatic amines is 1. The number of aryl methyl sites for hydroxylation is 1. The maximum atomic E-state index is 5.83. The number of fused-ring (bicyclic) bond motifs is 1. The van der Waals surface area contributed by atoms with E-state index in [1.807, 2.05) is 44.2 Å². The fourth-order valence-corrected chi connectivity index (χ4v) is 3.81. The van der Waals surface area contributed by atoms with E-state index in [4.69, 9.17) is 14.5 Å². The molecule has 3 aromatic heterocycles. The van der Waals surface area contributed by atoms with Crippen molar-refractivity contribution in [1.82, 2.24) is 24.9 Å². The minimum Gasteiger partial charge on any atom is -0.474 e. The average molecular weight is 476 g/mol. The Bertz CT molecular complexity index is 1190. The Labute approximate surface area is 206 Å². The first-order valence-corrected chi connectivity index (χ1v) is 12.3. The quantitative estimate of drug-likeness (QED) is 0.332. The zero-order valence-electron chi connectivity index (χ0n) is 20.6. The molecule has 184 valence electrons. The highest BCUT2D eigenvalue weighted by atomic mass is 16.5. The van der Waals surface area contributed by atoms with Gasteiger partial charge in [-0.1, -0.05) is 37.6 Å². The van der Waals surface area contributed by atoms with Crippen LogP contribution in [-0.2, 0) is 0 Å². The number of H-pyrrole nitrogens is 1. The number of aromatic nitrogens is 5. The lowest BCUT2D eigenvalue weighted by Gasteiger charge is -2.27. The van der Waals surface area contributed by atoms with Gasteiger partial charge in [0.05, 0.1) is 0 Å². The monoisotopic (exact) mass is 475 g/mol. The van der Waals surface area contributed by atoms with Crippen molar-refractivity contribution in [3.05, 3.63) is 54.2 Å². The Hall–Kier alpha value is -3.88. The van der Waals surface area contributed by atoms with E-state index >= 15 is 0 Å². The average Bonchev–Trinajstić information content (AvgIpc) is 3.32.